The summed E-state index contributed by atoms with van der Waals surface area (Å²) >= 11 is 17.7. The highest BCUT2D eigenvalue weighted by Crippen LogP contribution is 2.27. The van der Waals surface area contributed by atoms with E-state index in [9.17, 15) is 4.79 Å². The van der Waals surface area contributed by atoms with E-state index in [1.54, 1.807) is 6.07 Å². The Bertz CT molecular complexity index is 893. The SMILES string of the molecule is CCCN1CNc2c(c(=O)[nH]c(=S)n2CCc2cccc(Cl)c2Cl)C1. The average molecular weight is 399 g/mol. The summed E-state index contributed by atoms with van der Waals surface area (Å²) in [6, 6.07) is 5.60. The van der Waals surface area contributed by atoms with Crippen LogP contribution in [0.15, 0.2) is 23.0 Å². The van der Waals surface area contributed by atoms with Crippen molar-refractivity contribution in [2.45, 2.75) is 32.9 Å². The Hall–Kier alpha value is -1.34. The predicted molar refractivity (Wildman–Crippen MR) is 105 cm³/mol. The second-order valence-corrected chi connectivity index (χ2v) is 7.26. The van der Waals surface area contributed by atoms with Gasteiger partial charge >= 0.3 is 0 Å². The van der Waals surface area contributed by atoms with Gasteiger partial charge in [0.05, 0.1) is 22.3 Å². The second-order valence-electron chi connectivity index (χ2n) is 6.09. The van der Waals surface area contributed by atoms with E-state index in [1.807, 2.05) is 16.7 Å². The van der Waals surface area contributed by atoms with Crippen LogP contribution in [-0.2, 0) is 19.5 Å². The lowest BCUT2D eigenvalue weighted by molar-refractivity contribution is 0.272. The van der Waals surface area contributed by atoms with E-state index in [4.69, 9.17) is 35.4 Å². The van der Waals surface area contributed by atoms with E-state index in [1.165, 1.54) is 0 Å². The molecule has 25 heavy (non-hydrogen) atoms. The fourth-order valence-corrected chi connectivity index (χ4v) is 3.78. The molecule has 0 bridgehead atoms. The third kappa shape index (κ3) is 3.92. The van der Waals surface area contributed by atoms with Crippen LogP contribution in [0, 0.1) is 4.77 Å². The highest BCUT2D eigenvalue weighted by atomic mass is 35.5. The van der Waals surface area contributed by atoms with Crippen LogP contribution in [0.5, 0.6) is 0 Å². The third-order valence-electron chi connectivity index (χ3n) is 4.32. The number of aryl methyl sites for hydroxylation is 1. The number of benzene rings is 1. The maximum atomic E-state index is 12.3. The van der Waals surface area contributed by atoms with Gasteiger partial charge in [-0.3, -0.25) is 14.7 Å². The molecule has 0 aliphatic carbocycles. The maximum Gasteiger partial charge on any atom is 0.258 e. The first-order valence-electron chi connectivity index (χ1n) is 8.26. The zero-order chi connectivity index (χ0) is 18.0. The Balaban J connectivity index is 1.90. The molecule has 3 rings (SSSR count). The minimum atomic E-state index is -0.120. The first-order valence-corrected chi connectivity index (χ1v) is 9.42. The summed E-state index contributed by atoms with van der Waals surface area (Å²) in [4.78, 5) is 17.3. The summed E-state index contributed by atoms with van der Waals surface area (Å²) in [6.45, 7) is 5.01. The summed E-state index contributed by atoms with van der Waals surface area (Å²) in [7, 11) is 0. The molecule has 0 atom stereocenters. The van der Waals surface area contributed by atoms with Crippen molar-refractivity contribution in [3.63, 3.8) is 0 Å². The molecule has 1 aliphatic heterocycles. The molecule has 0 unspecified atom stereocenters. The van der Waals surface area contributed by atoms with Gasteiger partial charge in [0.1, 0.15) is 5.82 Å². The maximum absolute atomic E-state index is 12.3. The van der Waals surface area contributed by atoms with Crippen molar-refractivity contribution in [1.82, 2.24) is 14.5 Å². The molecule has 1 aliphatic rings. The van der Waals surface area contributed by atoms with Crippen LogP contribution in [0.1, 0.15) is 24.5 Å². The van der Waals surface area contributed by atoms with E-state index < -0.39 is 0 Å². The van der Waals surface area contributed by atoms with Crippen molar-refractivity contribution in [3.8, 4) is 0 Å². The molecule has 0 amide bonds. The van der Waals surface area contributed by atoms with Gasteiger partial charge in [-0.2, -0.15) is 0 Å². The van der Waals surface area contributed by atoms with Gasteiger partial charge in [0.25, 0.3) is 5.56 Å². The standard InChI is InChI=1S/C17H20Cl2N4OS/c1-2-7-22-9-12-15(20-10-22)23(17(25)21-16(12)24)8-6-11-4-3-5-13(18)14(11)19/h3-5,20H,2,6-10H2,1H3,(H,21,24,25). The topological polar surface area (TPSA) is 53.1 Å². The van der Waals surface area contributed by atoms with Gasteiger partial charge in [0.15, 0.2) is 4.77 Å². The number of hydrogen-bond acceptors (Lipinski definition) is 4. The number of fused-ring (bicyclic) bond motifs is 1. The summed E-state index contributed by atoms with van der Waals surface area (Å²) in [5.74, 6) is 0.805. The zero-order valence-electron chi connectivity index (χ0n) is 13.9. The molecular weight excluding hydrogens is 379 g/mol. The second kappa shape index (κ2) is 7.91. The molecule has 1 aromatic carbocycles. The number of anilines is 1. The number of nitrogens with one attached hydrogen (secondary N) is 2. The number of nitrogens with zero attached hydrogens (tertiary/aromatic N) is 2. The summed E-state index contributed by atoms with van der Waals surface area (Å²) < 4.78 is 2.35. The fraction of sp³-hybridized carbons (Fsp3) is 0.412. The molecule has 0 fully saturated rings. The molecule has 0 radical (unpaired) electrons. The molecule has 1 aromatic heterocycles. The van der Waals surface area contributed by atoms with Crippen molar-refractivity contribution in [1.29, 1.82) is 0 Å². The largest absolute Gasteiger partial charge is 0.358 e. The van der Waals surface area contributed by atoms with Crippen LogP contribution in [0.3, 0.4) is 0 Å². The first-order chi connectivity index (χ1) is 12.0. The number of aromatic nitrogens is 2. The van der Waals surface area contributed by atoms with Crippen LogP contribution < -0.4 is 10.9 Å². The molecule has 0 spiro atoms. The lowest BCUT2D eigenvalue weighted by Crippen LogP contribution is -2.39. The normalized spacial score (nSPS) is 14.2. The van der Waals surface area contributed by atoms with Crippen LogP contribution in [-0.4, -0.2) is 27.7 Å². The first kappa shape index (κ1) is 18.5. The minimum Gasteiger partial charge on any atom is -0.358 e. The summed E-state index contributed by atoms with van der Waals surface area (Å²) in [5.41, 5.74) is 1.57. The number of H-pyrrole nitrogens is 1. The van der Waals surface area contributed by atoms with E-state index in [0.29, 0.717) is 41.0 Å². The van der Waals surface area contributed by atoms with Crippen molar-refractivity contribution in [3.05, 3.63) is 54.5 Å². The highest BCUT2D eigenvalue weighted by Gasteiger charge is 2.21. The van der Waals surface area contributed by atoms with Gasteiger partial charge in [-0.1, -0.05) is 42.3 Å². The van der Waals surface area contributed by atoms with Crippen molar-refractivity contribution in [2.24, 2.45) is 0 Å². The van der Waals surface area contributed by atoms with Gasteiger partial charge < -0.3 is 9.88 Å². The van der Waals surface area contributed by atoms with E-state index >= 15 is 0 Å². The molecule has 0 saturated heterocycles. The van der Waals surface area contributed by atoms with Gasteiger partial charge in [-0.05, 0) is 43.2 Å². The Morgan fingerprint density at radius 1 is 1.28 bits per heavy atom. The van der Waals surface area contributed by atoms with Gasteiger partial charge in [0, 0.05) is 13.1 Å². The van der Waals surface area contributed by atoms with Crippen molar-refractivity contribution in [2.75, 3.05) is 18.5 Å². The van der Waals surface area contributed by atoms with Crippen molar-refractivity contribution < 1.29 is 0 Å². The number of aromatic amines is 1. The lowest BCUT2D eigenvalue weighted by atomic mass is 10.1. The Labute approximate surface area is 161 Å². The van der Waals surface area contributed by atoms with Crippen LogP contribution in [0.2, 0.25) is 10.0 Å². The summed E-state index contributed by atoms with van der Waals surface area (Å²) in [5, 5.41) is 4.46. The molecule has 2 N–H and O–H groups in total. The lowest BCUT2D eigenvalue weighted by Gasteiger charge is -2.30. The monoisotopic (exact) mass is 398 g/mol. The Morgan fingerprint density at radius 2 is 2.08 bits per heavy atom. The van der Waals surface area contributed by atoms with Crippen LogP contribution in [0.25, 0.3) is 0 Å². The smallest absolute Gasteiger partial charge is 0.258 e. The Kier molecular flexibility index (Phi) is 5.84. The zero-order valence-corrected chi connectivity index (χ0v) is 16.3. The predicted octanol–water partition coefficient (Wildman–Crippen LogP) is 4.05. The van der Waals surface area contributed by atoms with Gasteiger partial charge in [-0.25, -0.2) is 0 Å². The van der Waals surface area contributed by atoms with Crippen LogP contribution in [0.4, 0.5) is 5.82 Å². The van der Waals surface area contributed by atoms with Crippen molar-refractivity contribution >= 4 is 41.2 Å². The average Bonchev–Trinajstić information content (AvgIpc) is 2.59. The van der Waals surface area contributed by atoms with Gasteiger partial charge in [-0.15, -0.1) is 0 Å². The molecule has 8 heteroatoms. The fourth-order valence-electron chi connectivity index (χ4n) is 3.09. The molecule has 0 saturated carbocycles. The number of hydrogen-bond donors (Lipinski definition) is 2. The molecule has 5 nitrogen and oxygen atoms in total. The molecule has 134 valence electrons. The van der Waals surface area contributed by atoms with E-state index in [2.05, 4.69) is 22.1 Å². The van der Waals surface area contributed by atoms with E-state index in [-0.39, 0.29) is 5.56 Å². The minimum absolute atomic E-state index is 0.120. The van der Waals surface area contributed by atoms with E-state index in [0.717, 1.165) is 29.9 Å². The highest BCUT2D eigenvalue weighted by molar-refractivity contribution is 7.71. The number of rotatable bonds is 5. The number of halogens is 2. The Morgan fingerprint density at radius 3 is 2.84 bits per heavy atom. The molecule has 2 heterocycles. The summed E-state index contributed by atoms with van der Waals surface area (Å²) in [6.07, 6.45) is 1.72. The third-order valence-corrected chi connectivity index (χ3v) is 5.50. The molecular formula is C17H20Cl2N4OS. The van der Waals surface area contributed by atoms with Crippen LogP contribution >= 0.6 is 35.4 Å². The molecule has 2 aromatic rings. The quantitative estimate of drug-likeness (QED) is 0.745. The van der Waals surface area contributed by atoms with Gasteiger partial charge in [0.2, 0.25) is 0 Å².